The average molecular weight is 373 g/mol. The number of amides is 1. The highest BCUT2D eigenvalue weighted by Gasteiger charge is 2.15. The number of fused-ring (bicyclic) bond motifs is 3. The van der Waals surface area contributed by atoms with Crippen molar-refractivity contribution < 1.29 is 9.18 Å². The van der Waals surface area contributed by atoms with Gasteiger partial charge in [-0.2, -0.15) is 0 Å². The Balaban J connectivity index is 1.37. The normalized spacial score (nSPS) is 15.6. The van der Waals surface area contributed by atoms with Crippen molar-refractivity contribution in [2.24, 2.45) is 5.92 Å². The van der Waals surface area contributed by atoms with Gasteiger partial charge in [-0.3, -0.25) is 4.79 Å². The Hall–Kier alpha value is -2.22. The topological polar surface area (TPSA) is 83.6 Å². The van der Waals surface area contributed by atoms with Gasteiger partial charge >= 0.3 is 0 Å². The number of H-pyrrole nitrogens is 1. The van der Waals surface area contributed by atoms with Crippen LogP contribution in [0.3, 0.4) is 0 Å². The first-order valence-corrected chi connectivity index (χ1v) is 9.89. The van der Waals surface area contributed by atoms with Gasteiger partial charge in [0.25, 0.3) is 0 Å². The van der Waals surface area contributed by atoms with Crippen molar-refractivity contribution in [3.63, 3.8) is 0 Å². The molecule has 6 nitrogen and oxygen atoms in total. The maximum atomic E-state index is 13.4. The molecule has 1 saturated carbocycles. The van der Waals surface area contributed by atoms with Gasteiger partial charge in [0.15, 0.2) is 5.65 Å². The fraction of sp³-hybridized carbons (Fsp3) is 0.444. The summed E-state index contributed by atoms with van der Waals surface area (Å²) in [4.78, 5) is 19.5. The number of nitrogens with one attached hydrogen (secondary N) is 2. The van der Waals surface area contributed by atoms with Crippen molar-refractivity contribution >= 4 is 39.7 Å². The van der Waals surface area contributed by atoms with E-state index >= 15 is 0 Å². The van der Waals surface area contributed by atoms with E-state index in [-0.39, 0.29) is 17.5 Å². The van der Waals surface area contributed by atoms with Crippen LogP contribution in [0, 0.1) is 11.7 Å². The molecule has 2 N–H and O–H groups in total. The Morgan fingerprint density at radius 1 is 1.27 bits per heavy atom. The van der Waals surface area contributed by atoms with E-state index in [9.17, 15) is 9.18 Å². The number of rotatable bonds is 5. The Bertz CT molecular complexity index is 938. The zero-order valence-corrected chi connectivity index (χ0v) is 15.1. The third-order valence-corrected chi connectivity index (χ3v) is 5.64. The Labute approximate surface area is 154 Å². The summed E-state index contributed by atoms with van der Waals surface area (Å²) in [5.41, 5.74) is 1.84. The van der Waals surface area contributed by atoms with E-state index in [0.29, 0.717) is 27.6 Å². The minimum absolute atomic E-state index is 0.0111. The molecule has 1 aliphatic carbocycles. The molecular formula is C18H20FN5OS. The third kappa shape index (κ3) is 3.80. The van der Waals surface area contributed by atoms with Crippen LogP contribution in [0.25, 0.3) is 22.1 Å². The van der Waals surface area contributed by atoms with Crippen LogP contribution in [0.2, 0.25) is 0 Å². The molecule has 0 unspecified atom stereocenters. The molecule has 2 heterocycles. The van der Waals surface area contributed by atoms with Gasteiger partial charge in [0.05, 0.1) is 5.75 Å². The number of aromatic nitrogens is 4. The van der Waals surface area contributed by atoms with Gasteiger partial charge in [0.1, 0.15) is 11.3 Å². The molecule has 2 aromatic heterocycles. The molecule has 26 heavy (non-hydrogen) atoms. The molecule has 1 fully saturated rings. The van der Waals surface area contributed by atoms with Crippen LogP contribution in [-0.4, -0.2) is 38.4 Å². The summed E-state index contributed by atoms with van der Waals surface area (Å²) in [6, 6.07) is 4.45. The van der Waals surface area contributed by atoms with Crippen molar-refractivity contribution in [3.05, 3.63) is 24.0 Å². The van der Waals surface area contributed by atoms with Crippen LogP contribution in [-0.2, 0) is 4.79 Å². The van der Waals surface area contributed by atoms with Gasteiger partial charge < -0.3 is 10.3 Å². The molecule has 136 valence electrons. The lowest BCUT2D eigenvalue weighted by Gasteiger charge is -2.21. The molecule has 1 aliphatic rings. The summed E-state index contributed by atoms with van der Waals surface area (Å²) in [6.07, 6.45) is 6.26. The van der Waals surface area contributed by atoms with Gasteiger partial charge in [-0.1, -0.05) is 31.0 Å². The quantitative estimate of drug-likeness (QED) is 0.670. The Morgan fingerprint density at radius 3 is 2.96 bits per heavy atom. The highest BCUT2D eigenvalue weighted by atomic mass is 32.2. The molecular weight excluding hydrogens is 353 g/mol. The summed E-state index contributed by atoms with van der Waals surface area (Å²) in [5, 5.41) is 12.3. The van der Waals surface area contributed by atoms with E-state index in [2.05, 4.69) is 25.5 Å². The fourth-order valence-corrected chi connectivity index (χ4v) is 4.04. The van der Waals surface area contributed by atoms with Crippen molar-refractivity contribution in [3.8, 4) is 0 Å². The first kappa shape index (κ1) is 17.2. The van der Waals surface area contributed by atoms with Crippen LogP contribution >= 0.6 is 11.8 Å². The highest BCUT2D eigenvalue weighted by Crippen LogP contribution is 2.25. The molecule has 1 aromatic carbocycles. The highest BCUT2D eigenvalue weighted by molar-refractivity contribution is 7.99. The van der Waals surface area contributed by atoms with Crippen molar-refractivity contribution in [1.29, 1.82) is 0 Å². The maximum Gasteiger partial charge on any atom is 0.230 e. The number of thioether (sulfide) groups is 1. The molecule has 1 amide bonds. The van der Waals surface area contributed by atoms with Crippen molar-refractivity contribution in [1.82, 2.24) is 25.5 Å². The predicted molar refractivity (Wildman–Crippen MR) is 99.5 cm³/mol. The lowest BCUT2D eigenvalue weighted by molar-refractivity contribution is -0.118. The Kier molecular flexibility index (Phi) is 5.01. The second kappa shape index (κ2) is 7.57. The number of hydrogen-bond acceptors (Lipinski definition) is 5. The molecule has 0 saturated heterocycles. The predicted octanol–water partition coefficient (Wildman–Crippen LogP) is 3.43. The van der Waals surface area contributed by atoms with E-state index in [4.69, 9.17) is 0 Å². The zero-order chi connectivity index (χ0) is 17.9. The largest absolute Gasteiger partial charge is 0.355 e. The molecule has 0 bridgehead atoms. The second-order valence-electron chi connectivity index (χ2n) is 6.70. The third-order valence-electron chi connectivity index (χ3n) is 4.80. The fourth-order valence-electron chi connectivity index (χ4n) is 3.42. The smallest absolute Gasteiger partial charge is 0.230 e. The molecule has 3 aromatic rings. The standard InChI is InChI=1S/C18H20FN5OS/c19-12-6-7-14-13(8-12)16-17(21-14)22-18(24-23-16)26-10-15(25)20-9-11-4-2-1-3-5-11/h6-8,11H,1-5,9-10H2,(H,20,25)(H,21,22,24). The second-order valence-corrected chi connectivity index (χ2v) is 7.65. The zero-order valence-electron chi connectivity index (χ0n) is 14.3. The Morgan fingerprint density at radius 2 is 2.12 bits per heavy atom. The van der Waals surface area contributed by atoms with Crippen LogP contribution in [0.4, 0.5) is 4.39 Å². The van der Waals surface area contributed by atoms with E-state index in [0.717, 1.165) is 12.1 Å². The summed E-state index contributed by atoms with van der Waals surface area (Å²) in [5.74, 6) is 0.532. The minimum atomic E-state index is -0.326. The summed E-state index contributed by atoms with van der Waals surface area (Å²) in [6.45, 7) is 0.755. The summed E-state index contributed by atoms with van der Waals surface area (Å²) in [7, 11) is 0. The van der Waals surface area contributed by atoms with Crippen molar-refractivity contribution in [2.75, 3.05) is 12.3 Å². The van der Waals surface area contributed by atoms with Gasteiger partial charge in [-0.15, -0.1) is 10.2 Å². The van der Waals surface area contributed by atoms with Crippen LogP contribution in [0.1, 0.15) is 32.1 Å². The van der Waals surface area contributed by atoms with E-state index in [1.165, 1.54) is 56.0 Å². The molecule has 0 atom stereocenters. The van der Waals surface area contributed by atoms with Gasteiger partial charge in [-0.25, -0.2) is 9.37 Å². The number of nitrogens with zero attached hydrogens (tertiary/aromatic N) is 3. The molecule has 8 heteroatoms. The average Bonchev–Trinajstić information content (AvgIpc) is 3.02. The van der Waals surface area contributed by atoms with Gasteiger partial charge in [0, 0.05) is 17.4 Å². The lowest BCUT2D eigenvalue weighted by atomic mass is 9.89. The molecule has 4 rings (SSSR count). The summed E-state index contributed by atoms with van der Waals surface area (Å²) < 4.78 is 13.4. The first-order chi connectivity index (χ1) is 12.7. The first-order valence-electron chi connectivity index (χ1n) is 8.90. The molecule has 0 aliphatic heterocycles. The van der Waals surface area contributed by atoms with E-state index < -0.39 is 0 Å². The maximum absolute atomic E-state index is 13.4. The number of halogens is 1. The van der Waals surface area contributed by atoms with Gasteiger partial charge in [-0.05, 0) is 37.0 Å². The SMILES string of the molecule is O=C(CSc1nnc2c(n1)[nH]c1ccc(F)cc12)NCC1CCCCC1. The number of benzene rings is 1. The van der Waals surface area contributed by atoms with E-state index in [1.54, 1.807) is 6.07 Å². The monoisotopic (exact) mass is 373 g/mol. The molecule has 0 spiro atoms. The van der Waals surface area contributed by atoms with Crippen LogP contribution < -0.4 is 5.32 Å². The van der Waals surface area contributed by atoms with Crippen LogP contribution in [0.5, 0.6) is 0 Å². The molecule has 0 radical (unpaired) electrons. The number of hydrogen-bond donors (Lipinski definition) is 2. The lowest BCUT2D eigenvalue weighted by Crippen LogP contribution is -2.31. The minimum Gasteiger partial charge on any atom is -0.355 e. The van der Waals surface area contributed by atoms with E-state index in [1.807, 2.05) is 0 Å². The van der Waals surface area contributed by atoms with Gasteiger partial charge in [0.2, 0.25) is 11.1 Å². The van der Waals surface area contributed by atoms with Crippen LogP contribution in [0.15, 0.2) is 23.4 Å². The number of carbonyl (C=O) groups is 1. The number of aromatic amines is 1. The number of carbonyl (C=O) groups excluding carboxylic acids is 1. The summed E-state index contributed by atoms with van der Waals surface area (Å²) >= 11 is 1.25. The van der Waals surface area contributed by atoms with Crippen molar-refractivity contribution in [2.45, 2.75) is 37.3 Å².